The van der Waals surface area contributed by atoms with Crippen molar-refractivity contribution in [2.24, 2.45) is 0 Å². The van der Waals surface area contributed by atoms with Crippen molar-refractivity contribution < 1.29 is 22.7 Å². The van der Waals surface area contributed by atoms with Crippen LogP contribution in [-0.2, 0) is 13.8 Å². The Kier molecular flexibility index (Phi) is 4.57. The molecule has 0 aliphatic heterocycles. The Balaban J connectivity index is 0.000000492. The van der Waals surface area contributed by atoms with Gasteiger partial charge in [0.1, 0.15) is 0 Å². The van der Waals surface area contributed by atoms with Crippen LogP contribution in [0.1, 0.15) is 0 Å². The lowest BCUT2D eigenvalue weighted by Gasteiger charge is -2.03. The van der Waals surface area contributed by atoms with Crippen LogP contribution >= 0.6 is 10.7 Å². The zero-order valence-electron chi connectivity index (χ0n) is 8.75. The number of halogens is 2. The minimum Gasteiger partial charge on any atom is -0.483 e. The molecule has 0 unspecified atom stereocenters. The monoisotopic (exact) mass is 291 g/mol. The van der Waals surface area contributed by atoms with Gasteiger partial charge in [0.25, 0.3) is 15.5 Å². The maximum absolute atomic E-state index is 13.4. The third-order valence-electron chi connectivity index (χ3n) is 1.96. The summed E-state index contributed by atoms with van der Waals surface area (Å²) in [5.74, 6) is -0.702. The van der Waals surface area contributed by atoms with Crippen LogP contribution in [0, 0.1) is 5.82 Å². The summed E-state index contributed by atoms with van der Waals surface area (Å²) >= 11 is 0. The van der Waals surface area contributed by atoms with Crippen molar-refractivity contribution in [3.8, 4) is 0 Å². The number of nitrogens with zero attached hydrogens (tertiary/aromatic N) is 1. The first-order chi connectivity index (χ1) is 8.41. The van der Waals surface area contributed by atoms with E-state index < -0.39 is 14.9 Å². The van der Waals surface area contributed by atoms with Gasteiger partial charge < -0.3 is 5.11 Å². The maximum Gasteiger partial charge on any atom is 0.290 e. The second-order valence-electron chi connectivity index (χ2n) is 3.02. The summed E-state index contributed by atoms with van der Waals surface area (Å²) in [6, 6.07) is 4.31. The summed E-state index contributed by atoms with van der Waals surface area (Å²) in [6.45, 7) is -0.250. The number of rotatable bonds is 1. The minimum atomic E-state index is -3.95. The SMILES string of the molecule is O=CO.O=S(=O)(Cl)c1cccc2cncc(F)c12. The third kappa shape index (κ3) is 3.14. The smallest absolute Gasteiger partial charge is 0.290 e. The number of carboxylic acid groups (broad SMARTS) is 1. The Morgan fingerprint density at radius 3 is 2.50 bits per heavy atom. The predicted octanol–water partition coefficient (Wildman–Crippen LogP) is 2.00. The van der Waals surface area contributed by atoms with Crippen LogP contribution in [0.25, 0.3) is 10.8 Å². The molecule has 96 valence electrons. The highest BCUT2D eigenvalue weighted by atomic mass is 35.7. The van der Waals surface area contributed by atoms with E-state index in [1.807, 2.05) is 0 Å². The first-order valence-electron chi connectivity index (χ1n) is 4.46. The fourth-order valence-electron chi connectivity index (χ4n) is 1.36. The second kappa shape index (κ2) is 5.74. The van der Waals surface area contributed by atoms with Gasteiger partial charge in [-0.25, -0.2) is 12.8 Å². The number of hydrogen-bond acceptors (Lipinski definition) is 4. The van der Waals surface area contributed by atoms with Crippen molar-refractivity contribution in [2.75, 3.05) is 0 Å². The summed E-state index contributed by atoms with van der Waals surface area (Å²) in [5, 5.41) is 7.26. The molecule has 1 N–H and O–H groups in total. The van der Waals surface area contributed by atoms with Gasteiger partial charge in [-0.05, 0) is 6.07 Å². The van der Waals surface area contributed by atoms with Crippen LogP contribution in [0.3, 0.4) is 0 Å². The highest BCUT2D eigenvalue weighted by Crippen LogP contribution is 2.26. The largest absolute Gasteiger partial charge is 0.483 e. The number of pyridine rings is 1. The lowest BCUT2D eigenvalue weighted by Crippen LogP contribution is -1.94. The van der Waals surface area contributed by atoms with Gasteiger partial charge in [0.05, 0.1) is 11.1 Å². The Morgan fingerprint density at radius 1 is 1.33 bits per heavy atom. The van der Waals surface area contributed by atoms with E-state index in [4.69, 9.17) is 20.6 Å². The van der Waals surface area contributed by atoms with Gasteiger partial charge in [-0.2, -0.15) is 0 Å². The molecule has 2 aromatic rings. The second-order valence-corrected chi connectivity index (χ2v) is 5.55. The van der Waals surface area contributed by atoms with Crippen LogP contribution < -0.4 is 0 Å². The molecule has 5 nitrogen and oxygen atoms in total. The summed E-state index contributed by atoms with van der Waals surface area (Å²) in [6.07, 6.45) is 2.33. The first-order valence-corrected chi connectivity index (χ1v) is 6.77. The van der Waals surface area contributed by atoms with Crippen LogP contribution in [0.15, 0.2) is 35.5 Å². The van der Waals surface area contributed by atoms with Crippen LogP contribution in [-0.4, -0.2) is 25.0 Å². The fourth-order valence-corrected chi connectivity index (χ4v) is 2.45. The molecule has 0 fully saturated rings. The zero-order chi connectivity index (χ0) is 13.8. The van der Waals surface area contributed by atoms with Crippen molar-refractivity contribution >= 4 is 37.0 Å². The number of fused-ring (bicyclic) bond motifs is 1. The molecule has 18 heavy (non-hydrogen) atoms. The molecule has 0 saturated carbocycles. The van der Waals surface area contributed by atoms with Crippen LogP contribution in [0.2, 0.25) is 0 Å². The standard InChI is InChI=1S/C9H5ClFNO2S.CH2O2/c10-15(13,14)8-3-1-2-6-4-12-5-7(11)9(6)8;2-1-3/h1-5H;1H,(H,2,3). The molecule has 2 rings (SSSR count). The molecule has 0 atom stereocenters. The lowest BCUT2D eigenvalue weighted by atomic mass is 10.2. The summed E-state index contributed by atoms with van der Waals surface area (Å²) in [4.78, 5) is 11.7. The van der Waals surface area contributed by atoms with Gasteiger partial charge in [0, 0.05) is 27.7 Å². The number of aromatic nitrogens is 1. The summed E-state index contributed by atoms with van der Waals surface area (Å²) in [5.41, 5.74) is 0. The van der Waals surface area contributed by atoms with E-state index in [1.54, 1.807) is 6.07 Å². The molecule has 0 bridgehead atoms. The molecule has 1 aromatic heterocycles. The molecule has 0 spiro atoms. The van der Waals surface area contributed by atoms with Gasteiger partial charge in [0.15, 0.2) is 5.82 Å². The summed E-state index contributed by atoms with van der Waals surface area (Å²) < 4.78 is 35.7. The predicted molar refractivity (Wildman–Crippen MR) is 63.4 cm³/mol. The van der Waals surface area contributed by atoms with Gasteiger partial charge in [-0.1, -0.05) is 12.1 Å². The third-order valence-corrected chi connectivity index (χ3v) is 3.33. The van der Waals surface area contributed by atoms with E-state index in [0.29, 0.717) is 5.39 Å². The number of benzene rings is 1. The molecular formula is C10H7ClFNO4S. The Hall–Kier alpha value is -1.73. The number of carbonyl (C=O) groups is 1. The number of hydrogen-bond donors (Lipinski definition) is 1. The molecule has 0 saturated heterocycles. The molecule has 0 amide bonds. The van der Waals surface area contributed by atoms with Crippen LogP contribution in [0.4, 0.5) is 4.39 Å². The van der Waals surface area contributed by atoms with E-state index in [-0.39, 0.29) is 16.8 Å². The van der Waals surface area contributed by atoms with E-state index >= 15 is 0 Å². The van der Waals surface area contributed by atoms with Crippen molar-refractivity contribution in [2.45, 2.75) is 4.90 Å². The minimum absolute atomic E-state index is 0.0255. The van der Waals surface area contributed by atoms with Gasteiger partial charge in [-0.3, -0.25) is 9.78 Å². The summed E-state index contributed by atoms with van der Waals surface area (Å²) in [7, 11) is 1.25. The molecule has 0 aliphatic rings. The maximum atomic E-state index is 13.4. The normalized spacial score (nSPS) is 10.6. The fraction of sp³-hybridized carbons (Fsp3) is 0. The average molecular weight is 292 g/mol. The van der Waals surface area contributed by atoms with Crippen molar-refractivity contribution in [3.05, 3.63) is 36.4 Å². The molecule has 1 aromatic carbocycles. The Morgan fingerprint density at radius 2 is 1.94 bits per heavy atom. The average Bonchev–Trinajstić information content (AvgIpc) is 2.28. The van der Waals surface area contributed by atoms with Crippen molar-refractivity contribution in [1.82, 2.24) is 4.98 Å². The molecule has 0 radical (unpaired) electrons. The first kappa shape index (κ1) is 14.3. The lowest BCUT2D eigenvalue weighted by molar-refractivity contribution is -0.122. The molecule has 0 aliphatic carbocycles. The van der Waals surface area contributed by atoms with E-state index in [0.717, 1.165) is 6.20 Å². The Labute approximate surface area is 106 Å². The van der Waals surface area contributed by atoms with Crippen molar-refractivity contribution in [1.29, 1.82) is 0 Å². The zero-order valence-corrected chi connectivity index (χ0v) is 10.3. The van der Waals surface area contributed by atoms with Gasteiger partial charge >= 0.3 is 0 Å². The van der Waals surface area contributed by atoms with Gasteiger partial charge in [-0.15, -0.1) is 0 Å². The Bertz CT molecular complexity index is 669. The van der Waals surface area contributed by atoms with Gasteiger partial charge in [0.2, 0.25) is 0 Å². The highest BCUT2D eigenvalue weighted by molar-refractivity contribution is 8.14. The van der Waals surface area contributed by atoms with E-state index in [9.17, 15) is 12.8 Å². The quantitative estimate of drug-likeness (QED) is 0.642. The van der Waals surface area contributed by atoms with Crippen LogP contribution in [0.5, 0.6) is 0 Å². The molecular weight excluding hydrogens is 285 g/mol. The van der Waals surface area contributed by atoms with E-state index in [1.165, 1.54) is 18.3 Å². The van der Waals surface area contributed by atoms with Crippen molar-refractivity contribution in [3.63, 3.8) is 0 Å². The highest BCUT2D eigenvalue weighted by Gasteiger charge is 2.16. The molecule has 1 heterocycles. The van der Waals surface area contributed by atoms with E-state index in [2.05, 4.69) is 4.98 Å². The topological polar surface area (TPSA) is 84.3 Å². The molecule has 8 heteroatoms.